The highest BCUT2D eigenvalue weighted by Crippen LogP contribution is 2.32. The van der Waals surface area contributed by atoms with Crippen LogP contribution in [0, 0.1) is 0 Å². The molecule has 8 heteroatoms. The average Bonchev–Trinajstić information content (AvgIpc) is 3.40. The van der Waals surface area contributed by atoms with Crippen LogP contribution < -0.4 is 10.8 Å². The van der Waals surface area contributed by atoms with Gasteiger partial charge in [0.2, 0.25) is 0 Å². The van der Waals surface area contributed by atoms with Crippen LogP contribution in [0.25, 0.3) is 22.2 Å². The summed E-state index contributed by atoms with van der Waals surface area (Å²) in [4.78, 5) is 21.6. The minimum absolute atomic E-state index is 0.249. The standard InChI is InChI=1S/C20H19N5O3/c26-19(24-27)13-9-21-20(22-10-13)25-6-5-17-15(11-25)14-8-12(3-4-16(14)23-17)18-2-1-7-28-18/h1-4,7-10,20-21,23,27H,5-6,11H2,(H,24,26). The summed E-state index contributed by atoms with van der Waals surface area (Å²) in [6, 6.07) is 10.2. The van der Waals surface area contributed by atoms with Crippen LogP contribution in [0.3, 0.4) is 0 Å². The molecule has 3 aromatic rings. The Morgan fingerprint density at radius 3 is 3.04 bits per heavy atom. The maximum Gasteiger partial charge on any atom is 0.277 e. The largest absolute Gasteiger partial charge is 0.464 e. The van der Waals surface area contributed by atoms with Crippen LogP contribution in [0.15, 0.2) is 57.8 Å². The van der Waals surface area contributed by atoms with Gasteiger partial charge in [0.05, 0.1) is 11.8 Å². The van der Waals surface area contributed by atoms with Crippen LogP contribution in [0.1, 0.15) is 11.3 Å². The first-order valence-corrected chi connectivity index (χ1v) is 9.08. The highest BCUT2D eigenvalue weighted by atomic mass is 16.5. The minimum atomic E-state index is -0.585. The molecule has 28 heavy (non-hydrogen) atoms. The molecule has 0 bridgehead atoms. The molecule has 4 heterocycles. The van der Waals surface area contributed by atoms with Gasteiger partial charge in [0.1, 0.15) is 5.76 Å². The summed E-state index contributed by atoms with van der Waals surface area (Å²) in [5.74, 6) is 0.264. The molecule has 8 nitrogen and oxygen atoms in total. The number of aliphatic imine (C=N–C) groups is 1. The maximum atomic E-state index is 11.5. The Labute approximate surface area is 160 Å². The molecule has 5 rings (SSSR count). The van der Waals surface area contributed by atoms with E-state index in [0.29, 0.717) is 0 Å². The van der Waals surface area contributed by atoms with E-state index in [1.807, 2.05) is 12.1 Å². The summed E-state index contributed by atoms with van der Waals surface area (Å²) in [6.07, 6.45) is 5.37. The average molecular weight is 377 g/mol. The van der Waals surface area contributed by atoms with E-state index in [1.54, 1.807) is 17.9 Å². The zero-order chi connectivity index (χ0) is 19.1. The number of hydroxylamine groups is 1. The second kappa shape index (κ2) is 6.66. The predicted octanol–water partition coefficient (Wildman–Crippen LogP) is 2.13. The Morgan fingerprint density at radius 1 is 1.36 bits per heavy atom. The van der Waals surface area contributed by atoms with Crippen molar-refractivity contribution in [2.75, 3.05) is 6.54 Å². The number of aromatic nitrogens is 1. The van der Waals surface area contributed by atoms with Gasteiger partial charge in [0.25, 0.3) is 5.91 Å². The zero-order valence-corrected chi connectivity index (χ0v) is 15.0. The molecule has 0 radical (unpaired) electrons. The molecule has 0 aliphatic carbocycles. The molecule has 2 aliphatic rings. The van der Waals surface area contributed by atoms with Crippen LogP contribution in [-0.2, 0) is 17.8 Å². The lowest BCUT2D eigenvalue weighted by Gasteiger charge is -2.33. The van der Waals surface area contributed by atoms with E-state index in [1.165, 1.54) is 22.9 Å². The monoisotopic (exact) mass is 377 g/mol. The number of carbonyl (C=O) groups is 1. The van der Waals surface area contributed by atoms with E-state index in [-0.39, 0.29) is 11.9 Å². The van der Waals surface area contributed by atoms with Crippen LogP contribution in [0.4, 0.5) is 0 Å². The first-order chi connectivity index (χ1) is 13.7. The number of nitrogens with one attached hydrogen (secondary N) is 3. The van der Waals surface area contributed by atoms with Gasteiger partial charge in [0, 0.05) is 54.1 Å². The van der Waals surface area contributed by atoms with Crippen LogP contribution in [0.2, 0.25) is 0 Å². The Hall–Kier alpha value is -3.36. The zero-order valence-electron chi connectivity index (χ0n) is 15.0. The van der Waals surface area contributed by atoms with E-state index in [9.17, 15) is 4.79 Å². The molecule has 142 valence electrons. The number of amides is 1. The van der Waals surface area contributed by atoms with Crippen molar-refractivity contribution in [3.63, 3.8) is 0 Å². The van der Waals surface area contributed by atoms with Crippen molar-refractivity contribution < 1.29 is 14.4 Å². The molecule has 1 atom stereocenters. The van der Waals surface area contributed by atoms with Gasteiger partial charge in [-0.25, -0.2) is 5.48 Å². The molecular formula is C20H19N5O3. The van der Waals surface area contributed by atoms with Gasteiger partial charge in [-0.05, 0) is 35.9 Å². The number of hydrogen-bond donors (Lipinski definition) is 4. The highest BCUT2D eigenvalue weighted by Gasteiger charge is 2.27. The summed E-state index contributed by atoms with van der Waals surface area (Å²) < 4.78 is 5.54. The molecule has 0 saturated heterocycles. The number of fused-ring (bicyclic) bond motifs is 3. The lowest BCUT2D eigenvalue weighted by molar-refractivity contribution is -0.124. The molecule has 1 unspecified atom stereocenters. The van der Waals surface area contributed by atoms with Crippen molar-refractivity contribution in [2.24, 2.45) is 4.99 Å². The fourth-order valence-corrected chi connectivity index (χ4v) is 3.82. The molecular weight excluding hydrogens is 358 g/mol. The van der Waals surface area contributed by atoms with E-state index < -0.39 is 5.91 Å². The Kier molecular flexibility index (Phi) is 4.00. The summed E-state index contributed by atoms with van der Waals surface area (Å²) in [5.41, 5.74) is 6.57. The lowest BCUT2D eigenvalue weighted by atomic mass is 10.0. The second-order valence-electron chi connectivity index (χ2n) is 6.90. The van der Waals surface area contributed by atoms with Crippen LogP contribution >= 0.6 is 0 Å². The van der Waals surface area contributed by atoms with Gasteiger partial charge in [0.15, 0.2) is 6.29 Å². The van der Waals surface area contributed by atoms with Gasteiger partial charge >= 0.3 is 0 Å². The number of rotatable bonds is 3. The van der Waals surface area contributed by atoms with Crippen LogP contribution in [-0.4, -0.2) is 40.0 Å². The van der Waals surface area contributed by atoms with Crippen LogP contribution in [0.5, 0.6) is 0 Å². The number of benzene rings is 1. The third kappa shape index (κ3) is 2.79. The fourth-order valence-electron chi connectivity index (χ4n) is 3.82. The number of H-pyrrole nitrogens is 1. The molecule has 2 aliphatic heterocycles. The van der Waals surface area contributed by atoms with E-state index in [4.69, 9.17) is 9.62 Å². The highest BCUT2D eigenvalue weighted by molar-refractivity contribution is 6.11. The van der Waals surface area contributed by atoms with Gasteiger partial charge in [-0.15, -0.1) is 0 Å². The molecule has 1 amide bonds. The fraction of sp³-hybridized carbons (Fsp3) is 0.200. The first kappa shape index (κ1) is 16.8. The van der Waals surface area contributed by atoms with Crippen molar-refractivity contribution in [1.82, 2.24) is 20.7 Å². The maximum absolute atomic E-state index is 11.5. The quantitative estimate of drug-likeness (QED) is 0.413. The van der Waals surface area contributed by atoms with Crippen molar-refractivity contribution in [3.8, 4) is 11.3 Å². The molecule has 2 aromatic heterocycles. The van der Waals surface area contributed by atoms with Crippen molar-refractivity contribution in [2.45, 2.75) is 19.3 Å². The normalized spacial score (nSPS) is 19.2. The van der Waals surface area contributed by atoms with Gasteiger partial charge in [-0.1, -0.05) is 0 Å². The summed E-state index contributed by atoms with van der Waals surface area (Å²) in [7, 11) is 0. The third-order valence-corrected chi connectivity index (χ3v) is 5.26. The first-order valence-electron chi connectivity index (χ1n) is 9.08. The van der Waals surface area contributed by atoms with Gasteiger partial charge < -0.3 is 14.7 Å². The number of carbonyl (C=O) groups excluding carboxylic acids is 1. The molecule has 0 fully saturated rings. The molecule has 1 aromatic carbocycles. The second-order valence-corrected chi connectivity index (χ2v) is 6.90. The third-order valence-electron chi connectivity index (χ3n) is 5.26. The predicted molar refractivity (Wildman–Crippen MR) is 104 cm³/mol. The summed E-state index contributed by atoms with van der Waals surface area (Å²) in [5, 5.41) is 13.0. The SMILES string of the molecule is O=C(NO)C1=CNC(N2CCc3[nH]c4ccc(-c5ccco5)cc4c3C2)N=C1. The molecule has 0 saturated carbocycles. The van der Waals surface area contributed by atoms with Gasteiger partial charge in [-0.3, -0.25) is 19.9 Å². The lowest BCUT2D eigenvalue weighted by Crippen LogP contribution is -2.46. The van der Waals surface area contributed by atoms with Crippen molar-refractivity contribution in [3.05, 3.63) is 59.6 Å². The Balaban J connectivity index is 1.41. The van der Waals surface area contributed by atoms with Crippen molar-refractivity contribution in [1.29, 1.82) is 0 Å². The molecule has 0 spiro atoms. The van der Waals surface area contributed by atoms with E-state index >= 15 is 0 Å². The summed E-state index contributed by atoms with van der Waals surface area (Å²) in [6.45, 7) is 1.58. The Bertz CT molecular complexity index is 1100. The number of hydrogen-bond acceptors (Lipinski definition) is 6. The van der Waals surface area contributed by atoms with Gasteiger partial charge in [-0.2, -0.15) is 0 Å². The number of aromatic amines is 1. The Morgan fingerprint density at radius 2 is 2.29 bits per heavy atom. The minimum Gasteiger partial charge on any atom is -0.464 e. The number of furan rings is 1. The smallest absolute Gasteiger partial charge is 0.277 e. The molecule has 4 N–H and O–H groups in total. The topological polar surface area (TPSA) is 106 Å². The van der Waals surface area contributed by atoms with E-state index in [2.05, 4.69) is 38.4 Å². The number of nitrogens with zero attached hydrogens (tertiary/aromatic N) is 2. The summed E-state index contributed by atoms with van der Waals surface area (Å²) >= 11 is 0. The van der Waals surface area contributed by atoms with Crippen molar-refractivity contribution >= 4 is 23.0 Å². The van der Waals surface area contributed by atoms with E-state index in [0.717, 1.165) is 36.4 Å².